The van der Waals surface area contributed by atoms with Gasteiger partial charge in [-0.1, -0.05) is 71.6 Å². The molecule has 1 aliphatic rings. The monoisotopic (exact) mass is 340 g/mol. The Morgan fingerprint density at radius 1 is 0.708 bits per heavy atom. The molecule has 4 nitrogen and oxygen atoms in total. The van der Waals surface area contributed by atoms with E-state index in [1.165, 1.54) is 25.7 Å². The van der Waals surface area contributed by atoms with E-state index in [0.717, 1.165) is 44.9 Å². The molecule has 0 bridgehead atoms. The fourth-order valence-electron chi connectivity index (χ4n) is 3.28. The Hall–Kier alpha value is -1.06. The standard InChI is InChI=1S/C20H36O4/c1-3-5-7-8-9-13-17-24-19(22)20(14-11-10-12-15-20)18(21)23-16-6-4-2/h3-17H2,1-2H3. The Balaban J connectivity index is 2.42. The van der Waals surface area contributed by atoms with Crippen LogP contribution < -0.4 is 0 Å². The van der Waals surface area contributed by atoms with Gasteiger partial charge >= 0.3 is 11.9 Å². The van der Waals surface area contributed by atoms with Gasteiger partial charge < -0.3 is 9.47 Å². The molecule has 0 heterocycles. The molecule has 0 aliphatic heterocycles. The third-order valence-electron chi connectivity index (χ3n) is 4.95. The molecule has 0 aromatic rings. The summed E-state index contributed by atoms with van der Waals surface area (Å²) in [5.41, 5.74) is -1.03. The molecule has 0 N–H and O–H groups in total. The summed E-state index contributed by atoms with van der Waals surface area (Å²) in [5.74, 6) is -0.708. The minimum absolute atomic E-state index is 0.350. The Labute approximate surface area is 147 Å². The second-order valence-electron chi connectivity index (χ2n) is 7.04. The molecule has 4 heteroatoms. The van der Waals surface area contributed by atoms with Gasteiger partial charge in [-0.15, -0.1) is 0 Å². The van der Waals surface area contributed by atoms with E-state index < -0.39 is 5.41 Å². The molecule has 1 aliphatic carbocycles. The number of hydrogen-bond donors (Lipinski definition) is 0. The van der Waals surface area contributed by atoms with Crippen LogP contribution in [0.5, 0.6) is 0 Å². The minimum Gasteiger partial charge on any atom is -0.465 e. The van der Waals surface area contributed by atoms with E-state index in [0.29, 0.717) is 26.1 Å². The lowest BCUT2D eigenvalue weighted by molar-refractivity contribution is -0.175. The topological polar surface area (TPSA) is 52.6 Å². The van der Waals surface area contributed by atoms with E-state index in [4.69, 9.17) is 9.47 Å². The molecule has 1 rings (SSSR count). The highest BCUT2D eigenvalue weighted by Crippen LogP contribution is 2.39. The zero-order valence-corrected chi connectivity index (χ0v) is 15.7. The van der Waals surface area contributed by atoms with Crippen LogP contribution in [0.25, 0.3) is 0 Å². The van der Waals surface area contributed by atoms with E-state index in [1.54, 1.807) is 0 Å². The summed E-state index contributed by atoms with van der Waals surface area (Å²) in [7, 11) is 0. The zero-order valence-electron chi connectivity index (χ0n) is 15.7. The lowest BCUT2D eigenvalue weighted by Gasteiger charge is -2.32. The third-order valence-corrected chi connectivity index (χ3v) is 4.95. The zero-order chi connectivity index (χ0) is 17.7. The lowest BCUT2D eigenvalue weighted by Crippen LogP contribution is -2.43. The van der Waals surface area contributed by atoms with Crippen molar-refractivity contribution in [3.63, 3.8) is 0 Å². The molecule has 24 heavy (non-hydrogen) atoms. The van der Waals surface area contributed by atoms with Crippen LogP contribution in [0, 0.1) is 5.41 Å². The van der Waals surface area contributed by atoms with Crippen LogP contribution in [-0.2, 0) is 19.1 Å². The number of esters is 2. The highest BCUT2D eigenvalue weighted by molar-refractivity contribution is 6.00. The van der Waals surface area contributed by atoms with Crippen molar-refractivity contribution in [3.8, 4) is 0 Å². The average molecular weight is 341 g/mol. The molecule has 1 saturated carbocycles. The molecular weight excluding hydrogens is 304 g/mol. The largest absolute Gasteiger partial charge is 0.465 e. The first-order chi connectivity index (χ1) is 11.7. The molecule has 1 fully saturated rings. The van der Waals surface area contributed by atoms with E-state index >= 15 is 0 Å². The summed E-state index contributed by atoms with van der Waals surface area (Å²) < 4.78 is 10.9. The van der Waals surface area contributed by atoms with Gasteiger partial charge in [0.25, 0.3) is 0 Å². The Bertz CT molecular complexity index is 359. The van der Waals surface area contributed by atoms with Crippen molar-refractivity contribution in [2.75, 3.05) is 13.2 Å². The average Bonchev–Trinajstić information content (AvgIpc) is 2.61. The maximum absolute atomic E-state index is 12.6. The van der Waals surface area contributed by atoms with Gasteiger partial charge in [0.2, 0.25) is 0 Å². The number of rotatable bonds is 12. The van der Waals surface area contributed by atoms with Gasteiger partial charge in [-0.2, -0.15) is 0 Å². The van der Waals surface area contributed by atoms with Crippen LogP contribution >= 0.6 is 0 Å². The third kappa shape index (κ3) is 6.82. The number of carbonyl (C=O) groups excluding carboxylic acids is 2. The summed E-state index contributed by atoms with van der Waals surface area (Å²) in [6, 6.07) is 0. The van der Waals surface area contributed by atoms with E-state index in [9.17, 15) is 9.59 Å². The molecule has 0 amide bonds. The maximum Gasteiger partial charge on any atom is 0.323 e. The summed E-state index contributed by atoms with van der Waals surface area (Å²) >= 11 is 0. The molecule has 0 atom stereocenters. The summed E-state index contributed by atoms with van der Waals surface area (Å²) in [6.45, 7) is 5.08. The second kappa shape index (κ2) is 12.3. The highest BCUT2D eigenvalue weighted by atomic mass is 16.6. The molecule has 0 saturated heterocycles. The van der Waals surface area contributed by atoms with Crippen molar-refractivity contribution in [1.82, 2.24) is 0 Å². The van der Waals surface area contributed by atoms with Crippen molar-refractivity contribution >= 4 is 11.9 Å². The summed E-state index contributed by atoms with van der Waals surface area (Å²) in [4.78, 5) is 25.1. The Morgan fingerprint density at radius 3 is 1.79 bits per heavy atom. The van der Waals surface area contributed by atoms with Gasteiger partial charge in [-0.3, -0.25) is 9.59 Å². The molecule has 0 unspecified atom stereocenters. The number of ether oxygens (including phenoxy) is 2. The highest BCUT2D eigenvalue weighted by Gasteiger charge is 2.49. The Kier molecular flexibility index (Phi) is 10.8. The predicted octanol–water partition coefficient (Wildman–Crippen LogP) is 5.18. The van der Waals surface area contributed by atoms with Crippen molar-refractivity contribution < 1.29 is 19.1 Å². The van der Waals surface area contributed by atoms with Crippen LogP contribution in [0.2, 0.25) is 0 Å². The van der Waals surface area contributed by atoms with E-state index in [-0.39, 0.29) is 11.9 Å². The molecule has 140 valence electrons. The smallest absolute Gasteiger partial charge is 0.323 e. The number of carbonyl (C=O) groups is 2. The van der Waals surface area contributed by atoms with Gasteiger partial charge in [-0.05, 0) is 25.7 Å². The first kappa shape index (κ1) is 21.0. The van der Waals surface area contributed by atoms with Crippen molar-refractivity contribution in [2.45, 2.75) is 97.3 Å². The lowest BCUT2D eigenvalue weighted by atomic mass is 9.74. The van der Waals surface area contributed by atoms with Crippen LogP contribution in [0.3, 0.4) is 0 Å². The van der Waals surface area contributed by atoms with Crippen molar-refractivity contribution in [3.05, 3.63) is 0 Å². The summed E-state index contributed by atoms with van der Waals surface area (Å²) in [5, 5.41) is 0. The van der Waals surface area contributed by atoms with Gasteiger partial charge in [0.15, 0.2) is 5.41 Å². The van der Waals surface area contributed by atoms with Gasteiger partial charge in [0, 0.05) is 0 Å². The molecule has 0 spiro atoms. The fourth-order valence-corrected chi connectivity index (χ4v) is 3.28. The fraction of sp³-hybridized carbons (Fsp3) is 0.900. The van der Waals surface area contributed by atoms with Crippen molar-refractivity contribution in [1.29, 1.82) is 0 Å². The first-order valence-corrected chi connectivity index (χ1v) is 10.0. The van der Waals surface area contributed by atoms with Gasteiger partial charge in [0.05, 0.1) is 13.2 Å². The molecule has 0 radical (unpaired) electrons. The SMILES string of the molecule is CCCCCCCCOC(=O)C1(C(=O)OCCCC)CCCCC1. The first-order valence-electron chi connectivity index (χ1n) is 10.0. The number of hydrogen-bond acceptors (Lipinski definition) is 4. The maximum atomic E-state index is 12.6. The molecular formula is C20H36O4. The van der Waals surface area contributed by atoms with Crippen LogP contribution in [0.4, 0.5) is 0 Å². The number of unbranched alkanes of at least 4 members (excludes halogenated alkanes) is 6. The quantitative estimate of drug-likeness (QED) is 0.279. The predicted molar refractivity (Wildman–Crippen MR) is 95.7 cm³/mol. The van der Waals surface area contributed by atoms with Crippen LogP contribution in [-0.4, -0.2) is 25.2 Å². The minimum atomic E-state index is -1.03. The molecule has 0 aromatic carbocycles. The second-order valence-corrected chi connectivity index (χ2v) is 7.04. The van der Waals surface area contributed by atoms with E-state index in [1.807, 2.05) is 0 Å². The Morgan fingerprint density at radius 2 is 1.21 bits per heavy atom. The van der Waals surface area contributed by atoms with E-state index in [2.05, 4.69) is 13.8 Å². The molecule has 0 aromatic heterocycles. The van der Waals surface area contributed by atoms with Gasteiger partial charge in [-0.25, -0.2) is 0 Å². The normalized spacial score (nSPS) is 16.6. The van der Waals surface area contributed by atoms with Crippen LogP contribution in [0.1, 0.15) is 97.3 Å². The van der Waals surface area contributed by atoms with Crippen molar-refractivity contribution in [2.24, 2.45) is 5.41 Å². The van der Waals surface area contributed by atoms with Crippen LogP contribution in [0.15, 0.2) is 0 Å². The summed E-state index contributed by atoms with van der Waals surface area (Å²) in [6.07, 6.45) is 12.8. The van der Waals surface area contributed by atoms with Gasteiger partial charge in [0.1, 0.15) is 0 Å².